The van der Waals surface area contributed by atoms with Crippen molar-refractivity contribution in [3.63, 3.8) is 0 Å². The van der Waals surface area contributed by atoms with Crippen molar-refractivity contribution in [2.24, 2.45) is 5.73 Å². The van der Waals surface area contributed by atoms with E-state index in [0.29, 0.717) is 19.6 Å². The van der Waals surface area contributed by atoms with Gasteiger partial charge in [-0.15, -0.1) is 0 Å². The van der Waals surface area contributed by atoms with E-state index in [4.69, 9.17) is 15.2 Å². The Bertz CT molecular complexity index is 601. The van der Waals surface area contributed by atoms with Gasteiger partial charge in [-0.3, -0.25) is 4.98 Å². The number of ether oxygens (including phenoxy) is 2. The van der Waals surface area contributed by atoms with Crippen molar-refractivity contribution < 1.29 is 9.47 Å². The van der Waals surface area contributed by atoms with Crippen molar-refractivity contribution in [3.8, 4) is 11.5 Å². The van der Waals surface area contributed by atoms with Gasteiger partial charge in [0.15, 0.2) is 11.5 Å². The quantitative estimate of drug-likeness (QED) is 0.937. The van der Waals surface area contributed by atoms with Crippen LogP contribution >= 0.6 is 15.9 Å². The molecule has 0 saturated heterocycles. The van der Waals surface area contributed by atoms with Crippen LogP contribution in [0.1, 0.15) is 17.3 Å². The molecule has 2 heterocycles. The van der Waals surface area contributed by atoms with Gasteiger partial charge in [0.25, 0.3) is 0 Å². The lowest BCUT2D eigenvalue weighted by Crippen LogP contribution is -2.17. The number of hydrogen-bond donors (Lipinski definition) is 1. The minimum atomic E-state index is -0.112. The summed E-state index contributed by atoms with van der Waals surface area (Å²) in [4.78, 5) is 4.35. The van der Waals surface area contributed by atoms with E-state index in [1.54, 1.807) is 6.20 Å². The van der Waals surface area contributed by atoms with Gasteiger partial charge in [0, 0.05) is 28.8 Å². The molecule has 104 valence electrons. The maximum absolute atomic E-state index is 6.25. The lowest BCUT2D eigenvalue weighted by Gasteiger charge is -2.20. The highest BCUT2D eigenvalue weighted by atomic mass is 79.9. The summed E-state index contributed by atoms with van der Waals surface area (Å²) in [5, 5.41) is 0. The average molecular weight is 335 g/mol. The van der Waals surface area contributed by atoms with Gasteiger partial charge < -0.3 is 15.2 Å². The van der Waals surface area contributed by atoms with Crippen LogP contribution in [0.5, 0.6) is 11.5 Å². The Labute approximate surface area is 126 Å². The van der Waals surface area contributed by atoms with Gasteiger partial charge in [-0.1, -0.05) is 6.07 Å². The van der Waals surface area contributed by atoms with E-state index in [-0.39, 0.29) is 6.04 Å². The fourth-order valence-corrected chi connectivity index (χ4v) is 2.40. The van der Waals surface area contributed by atoms with E-state index in [9.17, 15) is 0 Å². The predicted molar refractivity (Wildman–Crippen MR) is 80.0 cm³/mol. The molecule has 1 aromatic heterocycles. The van der Waals surface area contributed by atoms with Gasteiger partial charge in [-0.2, -0.15) is 0 Å². The van der Waals surface area contributed by atoms with Crippen LogP contribution in [0.25, 0.3) is 0 Å². The molecule has 5 heteroatoms. The minimum absolute atomic E-state index is 0.112. The number of nitrogens with zero attached hydrogens (tertiary/aromatic N) is 1. The van der Waals surface area contributed by atoms with Crippen LogP contribution in [-0.2, 0) is 6.42 Å². The van der Waals surface area contributed by atoms with Crippen LogP contribution in [-0.4, -0.2) is 18.2 Å². The highest BCUT2D eigenvalue weighted by Gasteiger charge is 2.15. The SMILES string of the molecule is NC(Cc1ccc(Br)cn1)c1ccc2c(c1)OCCO2. The van der Waals surface area contributed by atoms with Crippen LogP contribution in [0.15, 0.2) is 41.0 Å². The smallest absolute Gasteiger partial charge is 0.161 e. The molecule has 0 radical (unpaired) electrons. The van der Waals surface area contributed by atoms with Crippen molar-refractivity contribution in [1.82, 2.24) is 4.98 Å². The van der Waals surface area contributed by atoms with Gasteiger partial charge in [0.2, 0.25) is 0 Å². The summed E-state index contributed by atoms with van der Waals surface area (Å²) in [6.07, 6.45) is 2.47. The van der Waals surface area contributed by atoms with E-state index < -0.39 is 0 Å². The molecule has 0 spiro atoms. The average Bonchev–Trinajstić information content (AvgIpc) is 2.49. The zero-order valence-electron chi connectivity index (χ0n) is 10.9. The molecule has 1 aromatic carbocycles. The molecular formula is C15H15BrN2O2. The van der Waals surface area contributed by atoms with Crippen LogP contribution in [0, 0.1) is 0 Å². The summed E-state index contributed by atoms with van der Waals surface area (Å²) in [5.41, 5.74) is 8.25. The zero-order valence-corrected chi connectivity index (χ0v) is 12.5. The molecule has 3 rings (SSSR count). The van der Waals surface area contributed by atoms with Gasteiger partial charge in [-0.05, 0) is 45.8 Å². The molecule has 0 aliphatic carbocycles. The maximum Gasteiger partial charge on any atom is 0.161 e. The van der Waals surface area contributed by atoms with Crippen LogP contribution in [0.3, 0.4) is 0 Å². The molecule has 2 aromatic rings. The molecule has 0 fully saturated rings. The molecule has 4 nitrogen and oxygen atoms in total. The third-order valence-corrected chi connectivity index (χ3v) is 3.68. The monoisotopic (exact) mass is 334 g/mol. The van der Waals surface area contributed by atoms with Gasteiger partial charge in [0.1, 0.15) is 13.2 Å². The first kappa shape index (κ1) is 13.4. The van der Waals surface area contributed by atoms with E-state index >= 15 is 0 Å². The van der Waals surface area contributed by atoms with Crippen molar-refractivity contribution in [2.45, 2.75) is 12.5 Å². The Morgan fingerprint density at radius 3 is 2.70 bits per heavy atom. The van der Waals surface area contributed by atoms with Gasteiger partial charge in [0.05, 0.1) is 0 Å². The van der Waals surface area contributed by atoms with Crippen molar-refractivity contribution in [1.29, 1.82) is 0 Å². The van der Waals surface area contributed by atoms with Crippen molar-refractivity contribution >= 4 is 15.9 Å². The van der Waals surface area contributed by atoms with Crippen molar-refractivity contribution in [2.75, 3.05) is 13.2 Å². The Morgan fingerprint density at radius 1 is 1.15 bits per heavy atom. The normalized spacial score (nSPS) is 14.9. The summed E-state index contributed by atoms with van der Waals surface area (Å²) in [6.45, 7) is 1.18. The first-order chi connectivity index (χ1) is 9.72. The molecular weight excluding hydrogens is 320 g/mol. The Hall–Kier alpha value is -1.59. The molecule has 0 bridgehead atoms. The lowest BCUT2D eigenvalue weighted by molar-refractivity contribution is 0.171. The first-order valence-corrected chi connectivity index (χ1v) is 7.27. The third kappa shape index (κ3) is 2.94. The zero-order chi connectivity index (χ0) is 13.9. The molecule has 1 atom stereocenters. The van der Waals surface area contributed by atoms with Crippen LogP contribution in [0.2, 0.25) is 0 Å². The second-order valence-corrected chi connectivity index (χ2v) is 5.60. The lowest BCUT2D eigenvalue weighted by atomic mass is 10.0. The summed E-state index contributed by atoms with van der Waals surface area (Å²) < 4.78 is 12.1. The minimum Gasteiger partial charge on any atom is -0.486 e. The number of hydrogen-bond acceptors (Lipinski definition) is 4. The predicted octanol–water partition coefficient (Wildman–Crippen LogP) is 2.86. The largest absolute Gasteiger partial charge is 0.486 e. The summed E-state index contributed by atoms with van der Waals surface area (Å²) in [7, 11) is 0. The third-order valence-electron chi connectivity index (χ3n) is 3.21. The number of aromatic nitrogens is 1. The second-order valence-electron chi connectivity index (χ2n) is 4.68. The molecule has 1 unspecified atom stereocenters. The molecule has 2 N–H and O–H groups in total. The second kappa shape index (κ2) is 5.81. The maximum atomic E-state index is 6.25. The number of nitrogens with two attached hydrogens (primary N) is 1. The highest BCUT2D eigenvalue weighted by molar-refractivity contribution is 9.10. The highest BCUT2D eigenvalue weighted by Crippen LogP contribution is 2.32. The fraction of sp³-hybridized carbons (Fsp3) is 0.267. The first-order valence-electron chi connectivity index (χ1n) is 6.48. The van der Waals surface area contributed by atoms with Gasteiger partial charge in [-0.25, -0.2) is 0 Å². The number of fused-ring (bicyclic) bond motifs is 1. The van der Waals surface area contributed by atoms with E-state index in [1.165, 1.54) is 0 Å². The van der Waals surface area contributed by atoms with E-state index in [0.717, 1.165) is 27.2 Å². The molecule has 1 aliphatic rings. The summed E-state index contributed by atoms with van der Waals surface area (Å²) in [5.74, 6) is 1.56. The number of pyridine rings is 1. The molecule has 20 heavy (non-hydrogen) atoms. The number of rotatable bonds is 3. The standard InChI is InChI=1S/C15H15BrN2O2/c16-11-2-3-12(18-9-11)8-13(17)10-1-4-14-15(7-10)20-6-5-19-14/h1-4,7,9,13H,5-6,8,17H2. The number of benzene rings is 1. The Balaban J connectivity index is 1.76. The van der Waals surface area contributed by atoms with Crippen molar-refractivity contribution in [3.05, 3.63) is 52.3 Å². The van der Waals surface area contributed by atoms with E-state index in [2.05, 4.69) is 20.9 Å². The van der Waals surface area contributed by atoms with E-state index in [1.807, 2.05) is 30.3 Å². The Kier molecular flexibility index (Phi) is 3.89. The topological polar surface area (TPSA) is 57.4 Å². The van der Waals surface area contributed by atoms with Gasteiger partial charge >= 0.3 is 0 Å². The van der Waals surface area contributed by atoms with Crippen LogP contribution < -0.4 is 15.2 Å². The Morgan fingerprint density at radius 2 is 1.95 bits per heavy atom. The van der Waals surface area contributed by atoms with Crippen LogP contribution in [0.4, 0.5) is 0 Å². The fourth-order valence-electron chi connectivity index (χ4n) is 2.16. The summed E-state index contributed by atoms with van der Waals surface area (Å²) >= 11 is 3.37. The molecule has 0 amide bonds. The number of halogens is 1. The molecule has 0 saturated carbocycles. The summed E-state index contributed by atoms with van der Waals surface area (Å²) in [6, 6.07) is 9.69. The molecule has 1 aliphatic heterocycles.